The van der Waals surface area contributed by atoms with Gasteiger partial charge in [-0.05, 0) is 24.3 Å². The molecule has 0 unspecified atom stereocenters. The molecule has 88 valence electrons. The third kappa shape index (κ3) is 2.39. The first-order valence-corrected chi connectivity index (χ1v) is 5.21. The normalized spacial score (nSPS) is 10.2. The Balaban J connectivity index is 2.20. The van der Waals surface area contributed by atoms with Gasteiger partial charge in [-0.3, -0.25) is 4.68 Å². The molecular weight excluding hydrogens is 242 g/mol. The lowest BCUT2D eigenvalue weighted by Gasteiger charge is -2.05. The fraction of sp³-hybridized carbons (Fsp3) is 0.0909. The third-order valence-corrected chi connectivity index (χ3v) is 2.44. The van der Waals surface area contributed by atoms with E-state index >= 15 is 0 Å². The van der Waals surface area contributed by atoms with Gasteiger partial charge in [0.25, 0.3) is 0 Å². The lowest BCUT2D eigenvalue weighted by molar-refractivity contribution is 0.0724. The Morgan fingerprint density at radius 1 is 1.41 bits per heavy atom. The topological polar surface area (TPSA) is 70.1 Å². The molecular formula is C11H10ClN3O2. The van der Waals surface area contributed by atoms with Gasteiger partial charge in [-0.25, -0.2) is 4.79 Å². The number of carbonyl (C=O) groups is 1. The van der Waals surface area contributed by atoms with E-state index in [9.17, 15) is 4.79 Å². The molecule has 0 spiro atoms. The minimum atomic E-state index is -0.551. The van der Waals surface area contributed by atoms with Crippen LogP contribution >= 0.6 is 11.6 Å². The molecule has 17 heavy (non-hydrogen) atoms. The number of esters is 1. The molecule has 0 bridgehead atoms. The molecule has 0 aliphatic heterocycles. The van der Waals surface area contributed by atoms with E-state index in [0.29, 0.717) is 10.8 Å². The number of ether oxygens (including phenoxy) is 1. The first-order chi connectivity index (χ1) is 8.08. The molecule has 5 nitrogen and oxygen atoms in total. The number of halogens is 1. The molecule has 0 radical (unpaired) electrons. The fourth-order valence-electron chi connectivity index (χ4n) is 1.36. The summed E-state index contributed by atoms with van der Waals surface area (Å²) in [4.78, 5) is 11.8. The highest BCUT2D eigenvalue weighted by Crippen LogP contribution is 2.18. The maximum Gasteiger partial charge on any atom is 0.364 e. The molecule has 6 heteroatoms. The van der Waals surface area contributed by atoms with Crippen molar-refractivity contribution in [2.75, 3.05) is 5.73 Å². The molecule has 0 aliphatic rings. The number of hydrogen-bond donors (Lipinski definition) is 1. The Hall–Kier alpha value is -2.01. The largest absolute Gasteiger partial charge is 0.422 e. The summed E-state index contributed by atoms with van der Waals surface area (Å²) >= 11 is 5.72. The Bertz CT molecular complexity index is 529. The van der Waals surface area contributed by atoms with Gasteiger partial charge in [0.2, 0.25) is 0 Å². The van der Waals surface area contributed by atoms with E-state index < -0.39 is 5.97 Å². The number of nitrogens with two attached hydrogens (primary N) is 1. The van der Waals surface area contributed by atoms with Crippen LogP contribution < -0.4 is 10.5 Å². The molecule has 2 N–H and O–H groups in total. The average molecular weight is 252 g/mol. The number of anilines is 1. The minimum Gasteiger partial charge on any atom is -0.422 e. The number of benzene rings is 1. The van der Waals surface area contributed by atoms with Crippen molar-refractivity contribution in [3.8, 4) is 5.75 Å². The van der Waals surface area contributed by atoms with Gasteiger partial charge in [0.1, 0.15) is 5.75 Å². The standard InChI is InChI=1S/C11H10ClN3O2/c1-15-10(9(13)6-14-15)11(16)17-8-4-2-7(12)3-5-8/h2-6H,13H2,1H3. The van der Waals surface area contributed by atoms with Gasteiger partial charge < -0.3 is 10.5 Å². The lowest BCUT2D eigenvalue weighted by Crippen LogP contribution is -2.15. The number of carbonyl (C=O) groups excluding carboxylic acids is 1. The van der Waals surface area contributed by atoms with Crippen molar-refractivity contribution in [3.05, 3.63) is 41.2 Å². The highest BCUT2D eigenvalue weighted by molar-refractivity contribution is 6.30. The van der Waals surface area contributed by atoms with Crippen LogP contribution in [-0.4, -0.2) is 15.7 Å². The summed E-state index contributed by atoms with van der Waals surface area (Å²) in [6.07, 6.45) is 1.40. The van der Waals surface area contributed by atoms with Crippen molar-refractivity contribution >= 4 is 23.3 Å². The molecule has 2 aromatic rings. The Labute approximate surface area is 103 Å². The SMILES string of the molecule is Cn1ncc(N)c1C(=O)Oc1ccc(Cl)cc1. The summed E-state index contributed by atoms with van der Waals surface area (Å²) in [6, 6.07) is 6.48. The molecule has 0 saturated heterocycles. The zero-order valence-electron chi connectivity index (χ0n) is 9.05. The lowest BCUT2D eigenvalue weighted by atomic mass is 10.3. The van der Waals surface area contributed by atoms with Gasteiger partial charge in [0.15, 0.2) is 5.69 Å². The van der Waals surface area contributed by atoms with E-state index in [1.165, 1.54) is 10.9 Å². The number of aryl methyl sites for hydroxylation is 1. The molecule has 0 aliphatic carbocycles. The fourth-order valence-corrected chi connectivity index (χ4v) is 1.49. The predicted octanol–water partition coefficient (Wildman–Crippen LogP) is 1.87. The molecule has 0 atom stereocenters. The Kier molecular flexibility index (Phi) is 3.01. The molecule has 1 aromatic carbocycles. The van der Waals surface area contributed by atoms with Gasteiger partial charge in [0.05, 0.1) is 11.9 Å². The second kappa shape index (κ2) is 4.47. The highest BCUT2D eigenvalue weighted by atomic mass is 35.5. The summed E-state index contributed by atoms with van der Waals surface area (Å²) in [5.74, 6) is -0.148. The first-order valence-electron chi connectivity index (χ1n) is 4.83. The van der Waals surface area contributed by atoms with E-state index in [2.05, 4.69) is 5.10 Å². The number of nitrogen functional groups attached to an aromatic ring is 1. The van der Waals surface area contributed by atoms with Crippen molar-refractivity contribution < 1.29 is 9.53 Å². The van der Waals surface area contributed by atoms with Gasteiger partial charge in [-0.15, -0.1) is 0 Å². The summed E-state index contributed by atoms with van der Waals surface area (Å²) in [6.45, 7) is 0. The van der Waals surface area contributed by atoms with Crippen molar-refractivity contribution in [1.82, 2.24) is 9.78 Å². The molecule has 2 rings (SSSR count). The predicted molar refractivity (Wildman–Crippen MR) is 64.0 cm³/mol. The summed E-state index contributed by atoms with van der Waals surface area (Å²) in [5.41, 5.74) is 6.12. The summed E-state index contributed by atoms with van der Waals surface area (Å²) < 4.78 is 6.51. The van der Waals surface area contributed by atoms with E-state index in [1.54, 1.807) is 31.3 Å². The molecule has 0 amide bonds. The van der Waals surface area contributed by atoms with Crippen molar-refractivity contribution in [1.29, 1.82) is 0 Å². The van der Waals surface area contributed by atoms with E-state index in [-0.39, 0.29) is 11.4 Å². The molecule has 1 heterocycles. The second-order valence-corrected chi connectivity index (χ2v) is 3.85. The minimum absolute atomic E-state index is 0.222. The van der Waals surface area contributed by atoms with Crippen LogP contribution in [0.2, 0.25) is 5.02 Å². The number of nitrogens with zero attached hydrogens (tertiary/aromatic N) is 2. The smallest absolute Gasteiger partial charge is 0.364 e. The quantitative estimate of drug-likeness (QED) is 0.653. The van der Waals surface area contributed by atoms with Crippen LogP contribution in [0.3, 0.4) is 0 Å². The Morgan fingerprint density at radius 2 is 2.06 bits per heavy atom. The van der Waals surface area contributed by atoms with E-state index in [0.717, 1.165) is 0 Å². The zero-order chi connectivity index (χ0) is 12.4. The van der Waals surface area contributed by atoms with Gasteiger partial charge in [-0.1, -0.05) is 11.6 Å². The van der Waals surface area contributed by atoms with Gasteiger partial charge in [0, 0.05) is 12.1 Å². The highest BCUT2D eigenvalue weighted by Gasteiger charge is 2.17. The second-order valence-electron chi connectivity index (χ2n) is 3.42. The molecule has 0 fully saturated rings. The van der Waals surface area contributed by atoms with Crippen molar-refractivity contribution in [2.45, 2.75) is 0 Å². The van der Waals surface area contributed by atoms with E-state index in [1.807, 2.05) is 0 Å². The van der Waals surface area contributed by atoms with Crippen molar-refractivity contribution in [2.24, 2.45) is 7.05 Å². The van der Waals surface area contributed by atoms with Crippen LogP contribution in [0.4, 0.5) is 5.69 Å². The monoisotopic (exact) mass is 251 g/mol. The number of hydrogen-bond acceptors (Lipinski definition) is 4. The van der Waals surface area contributed by atoms with Crippen LogP contribution in [0.15, 0.2) is 30.5 Å². The van der Waals surface area contributed by atoms with Crippen LogP contribution in [0.25, 0.3) is 0 Å². The van der Waals surface area contributed by atoms with Gasteiger partial charge in [-0.2, -0.15) is 5.10 Å². The van der Waals surface area contributed by atoms with Crippen LogP contribution in [0.5, 0.6) is 5.75 Å². The maximum absolute atomic E-state index is 11.8. The van der Waals surface area contributed by atoms with E-state index in [4.69, 9.17) is 22.1 Å². The first kappa shape index (κ1) is 11.5. The molecule has 0 saturated carbocycles. The summed E-state index contributed by atoms with van der Waals surface area (Å²) in [7, 11) is 1.62. The van der Waals surface area contributed by atoms with Crippen LogP contribution in [0.1, 0.15) is 10.5 Å². The number of aromatic nitrogens is 2. The molecule has 1 aromatic heterocycles. The average Bonchev–Trinajstić information content (AvgIpc) is 2.62. The van der Waals surface area contributed by atoms with Crippen LogP contribution in [-0.2, 0) is 7.05 Å². The van der Waals surface area contributed by atoms with Crippen LogP contribution in [0, 0.1) is 0 Å². The third-order valence-electron chi connectivity index (χ3n) is 2.18. The zero-order valence-corrected chi connectivity index (χ0v) is 9.81. The Morgan fingerprint density at radius 3 is 2.59 bits per heavy atom. The summed E-state index contributed by atoms with van der Waals surface area (Å²) in [5, 5.41) is 4.44. The van der Waals surface area contributed by atoms with Gasteiger partial charge >= 0.3 is 5.97 Å². The van der Waals surface area contributed by atoms with Crippen molar-refractivity contribution in [3.63, 3.8) is 0 Å². The maximum atomic E-state index is 11.8. The number of rotatable bonds is 2.